The molecule has 26 heavy (non-hydrogen) atoms. The van der Waals surface area contributed by atoms with E-state index in [1.54, 1.807) is 12.1 Å². The maximum absolute atomic E-state index is 13.1. The van der Waals surface area contributed by atoms with Gasteiger partial charge < -0.3 is 9.80 Å². The summed E-state index contributed by atoms with van der Waals surface area (Å²) in [5.74, 6) is 0.756. The van der Waals surface area contributed by atoms with Crippen LogP contribution in [0, 0.1) is 11.7 Å². The zero-order chi connectivity index (χ0) is 18.1. The Morgan fingerprint density at radius 1 is 1.04 bits per heavy atom. The van der Waals surface area contributed by atoms with Gasteiger partial charge in [-0.2, -0.15) is 0 Å². The number of nitrogens with zero attached hydrogens (tertiary/aromatic N) is 4. The van der Waals surface area contributed by atoms with Crippen molar-refractivity contribution in [1.82, 2.24) is 14.7 Å². The Morgan fingerprint density at radius 2 is 1.73 bits per heavy atom. The molecule has 0 spiro atoms. The second-order valence-electron chi connectivity index (χ2n) is 8.05. The molecule has 5 nitrogen and oxygen atoms in total. The summed E-state index contributed by atoms with van der Waals surface area (Å²) in [6.07, 6.45) is 1.75. The predicted octanol–water partition coefficient (Wildman–Crippen LogP) is 1.50. The molecule has 142 valence electrons. The number of anilines is 1. The normalized spacial score (nSPS) is 26.2. The van der Waals surface area contributed by atoms with Crippen LogP contribution in [0.1, 0.15) is 12.8 Å². The molecule has 1 aromatic carbocycles. The number of piperazine rings is 1. The van der Waals surface area contributed by atoms with Crippen LogP contribution >= 0.6 is 0 Å². The van der Waals surface area contributed by atoms with Crippen LogP contribution < -0.4 is 4.90 Å². The fourth-order valence-electron chi connectivity index (χ4n) is 4.53. The average Bonchev–Trinajstić information content (AvgIpc) is 2.62. The lowest BCUT2D eigenvalue weighted by molar-refractivity contribution is -0.133. The van der Waals surface area contributed by atoms with E-state index in [-0.39, 0.29) is 5.82 Å². The lowest BCUT2D eigenvalue weighted by atomic mass is 9.95. The second kappa shape index (κ2) is 7.53. The number of carbonyl (C=O) groups is 1. The predicted molar refractivity (Wildman–Crippen MR) is 101 cm³/mol. The molecule has 0 aliphatic carbocycles. The highest BCUT2D eigenvalue weighted by atomic mass is 19.1. The van der Waals surface area contributed by atoms with Crippen LogP contribution in [0.5, 0.6) is 0 Å². The minimum Gasteiger partial charge on any atom is -0.369 e. The molecule has 1 unspecified atom stereocenters. The molecule has 3 fully saturated rings. The molecule has 0 saturated carbocycles. The molecule has 3 aliphatic rings. The summed E-state index contributed by atoms with van der Waals surface area (Å²) < 4.78 is 13.1. The van der Waals surface area contributed by atoms with Gasteiger partial charge in [0.1, 0.15) is 5.82 Å². The molecule has 0 radical (unpaired) electrons. The van der Waals surface area contributed by atoms with Gasteiger partial charge in [0, 0.05) is 77.6 Å². The van der Waals surface area contributed by atoms with Crippen LogP contribution in [0.25, 0.3) is 0 Å². The van der Waals surface area contributed by atoms with Crippen molar-refractivity contribution in [2.45, 2.75) is 18.9 Å². The fourth-order valence-corrected chi connectivity index (χ4v) is 4.53. The minimum atomic E-state index is -0.171. The number of benzene rings is 1. The standard InChI is InChI=1S/C20H29FN4O/c1-22-12-16(2-7-20(22)26)13-23-14-19(15-23)25-10-8-24(9-11-25)18-5-3-17(21)4-6-18/h3-6,16,19H,2,7-15H2,1H3. The Balaban J connectivity index is 1.19. The summed E-state index contributed by atoms with van der Waals surface area (Å²) in [6, 6.07) is 7.52. The summed E-state index contributed by atoms with van der Waals surface area (Å²) in [7, 11) is 1.92. The van der Waals surface area contributed by atoms with Gasteiger partial charge in [-0.15, -0.1) is 0 Å². The number of hydrogen-bond donors (Lipinski definition) is 0. The Kier molecular flexibility index (Phi) is 5.14. The molecule has 0 aromatic heterocycles. The Bertz CT molecular complexity index is 623. The van der Waals surface area contributed by atoms with Gasteiger partial charge in [-0.25, -0.2) is 4.39 Å². The van der Waals surface area contributed by atoms with E-state index < -0.39 is 0 Å². The summed E-state index contributed by atoms with van der Waals surface area (Å²) >= 11 is 0. The van der Waals surface area contributed by atoms with Gasteiger partial charge in [-0.1, -0.05) is 0 Å². The maximum Gasteiger partial charge on any atom is 0.222 e. The third-order valence-electron chi connectivity index (χ3n) is 6.20. The lowest BCUT2D eigenvalue weighted by Gasteiger charge is -2.49. The largest absolute Gasteiger partial charge is 0.369 e. The molecule has 3 heterocycles. The number of rotatable bonds is 4. The summed E-state index contributed by atoms with van der Waals surface area (Å²) in [4.78, 5) is 21.0. The summed E-state index contributed by atoms with van der Waals surface area (Å²) in [5.41, 5.74) is 1.12. The van der Waals surface area contributed by atoms with E-state index >= 15 is 0 Å². The molecule has 1 atom stereocenters. The van der Waals surface area contributed by atoms with E-state index in [4.69, 9.17) is 0 Å². The van der Waals surface area contributed by atoms with E-state index in [1.807, 2.05) is 24.1 Å². The first-order valence-corrected chi connectivity index (χ1v) is 9.79. The number of piperidine rings is 1. The molecule has 3 saturated heterocycles. The first-order chi connectivity index (χ1) is 12.6. The highest BCUT2D eigenvalue weighted by Gasteiger charge is 2.35. The number of carbonyl (C=O) groups excluding carboxylic acids is 1. The smallest absolute Gasteiger partial charge is 0.222 e. The van der Waals surface area contributed by atoms with Gasteiger partial charge in [0.15, 0.2) is 0 Å². The Labute approximate surface area is 155 Å². The zero-order valence-corrected chi connectivity index (χ0v) is 15.6. The average molecular weight is 360 g/mol. The quantitative estimate of drug-likeness (QED) is 0.814. The monoisotopic (exact) mass is 360 g/mol. The molecule has 0 N–H and O–H groups in total. The van der Waals surface area contributed by atoms with Crippen molar-refractivity contribution in [3.8, 4) is 0 Å². The van der Waals surface area contributed by atoms with Crippen LogP contribution in [-0.2, 0) is 4.79 Å². The van der Waals surface area contributed by atoms with Crippen LogP contribution in [-0.4, -0.2) is 86.1 Å². The maximum atomic E-state index is 13.1. The summed E-state index contributed by atoms with van der Waals surface area (Å²) in [6.45, 7) is 8.54. The van der Waals surface area contributed by atoms with Gasteiger partial charge in [0.25, 0.3) is 0 Å². The van der Waals surface area contributed by atoms with Crippen molar-refractivity contribution < 1.29 is 9.18 Å². The first-order valence-electron chi connectivity index (χ1n) is 9.79. The first kappa shape index (κ1) is 17.7. The number of likely N-dealkylation sites (tertiary alicyclic amines) is 2. The van der Waals surface area contributed by atoms with Crippen LogP contribution in [0.2, 0.25) is 0 Å². The molecule has 1 aromatic rings. The molecular weight excluding hydrogens is 331 g/mol. The topological polar surface area (TPSA) is 30.0 Å². The molecule has 6 heteroatoms. The van der Waals surface area contributed by atoms with Crippen molar-refractivity contribution in [1.29, 1.82) is 0 Å². The van der Waals surface area contributed by atoms with Gasteiger partial charge in [-0.05, 0) is 36.6 Å². The van der Waals surface area contributed by atoms with Crippen molar-refractivity contribution >= 4 is 11.6 Å². The minimum absolute atomic E-state index is 0.171. The van der Waals surface area contributed by atoms with Crippen molar-refractivity contribution in [3.05, 3.63) is 30.1 Å². The zero-order valence-electron chi connectivity index (χ0n) is 15.6. The van der Waals surface area contributed by atoms with E-state index in [0.29, 0.717) is 24.3 Å². The number of hydrogen-bond acceptors (Lipinski definition) is 4. The number of amides is 1. The van der Waals surface area contributed by atoms with Crippen LogP contribution in [0.3, 0.4) is 0 Å². The summed E-state index contributed by atoms with van der Waals surface area (Å²) in [5, 5.41) is 0. The highest BCUT2D eigenvalue weighted by molar-refractivity contribution is 5.76. The van der Waals surface area contributed by atoms with Gasteiger partial charge in [0.05, 0.1) is 0 Å². The van der Waals surface area contributed by atoms with Gasteiger partial charge >= 0.3 is 0 Å². The van der Waals surface area contributed by atoms with E-state index in [2.05, 4.69) is 14.7 Å². The third kappa shape index (κ3) is 3.86. The lowest BCUT2D eigenvalue weighted by Crippen LogP contribution is -2.64. The van der Waals surface area contributed by atoms with Crippen LogP contribution in [0.15, 0.2) is 24.3 Å². The molecular formula is C20H29FN4O. The van der Waals surface area contributed by atoms with E-state index in [0.717, 1.165) is 64.5 Å². The molecule has 0 bridgehead atoms. The Morgan fingerprint density at radius 3 is 2.38 bits per heavy atom. The van der Waals surface area contributed by atoms with Gasteiger partial charge in [0.2, 0.25) is 5.91 Å². The van der Waals surface area contributed by atoms with Crippen molar-refractivity contribution in [2.24, 2.45) is 5.92 Å². The van der Waals surface area contributed by atoms with Crippen LogP contribution in [0.4, 0.5) is 10.1 Å². The SMILES string of the molecule is CN1CC(CN2CC(N3CCN(c4ccc(F)cc4)CC3)C2)CCC1=O. The third-order valence-corrected chi connectivity index (χ3v) is 6.20. The molecule has 4 rings (SSSR count). The highest BCUT2D eigenvalue weighted by Crippen LogP contribution is 2.24. The molecule has 3 aliphatic heterocycles. The fraction of sp³-hybridized carbons (Fsp3) is 0.650. The van der Waals surface area contributed by atoms with Crippen molar-refractivity contribution in [2.75, 3.05) is 64.3 Å². The van der Waals surface area contributed by atoms with Gasteiger partial charge in [-0.3, -0.25) is 14.6 Å². The second-order valence-corrected chi connectivity index (χ2v) is 8.05. The van der Waals surface area contributed by atoms with E-state index in [1.165, 1.54) is 0 Å². The van der Waals surface area contributed by atoms with E-state index in [9.17, 15) is 9.18 Å². The van der Waals surface area contributed by atoms with Crippen molar-refractivity contribution in [3.63, 3.8) is 0 Å². The number of halogens is 1. The molecule has 1 amide bonds. The Hall–Kier alpha value is -1.66.